The van der Waals surface area contributed by atoms with Crippen LogP contribution in [0.25, 0.3) is 0 Å². The summed E-state index contributed by atoms with van der Waals surface area (Å²) in [5.41, 5.74) is 2.83. The SMILES string of the molecule is COc1ccc2c(c1OC)CC[C@H]1NCCCC21. The molecule has 3 heteroatoms. The van der Waals surface area contributed by atoms with Gasteiger partial charge in [-0.05, 0) is 49.8 Å². The fourth-order valence-electron chi connectivity index (χ4n) is 3.54. The van der Waals surface area contributed by atoms with E-state index in [1.807, 2.05) is 0 Å². The molecule has 0 saturated carbocycles. The van der Waals surface area contributed by atoms with E-state index in [4.69, 9.17) is 9.47 Å². The lowest BCUT2D eigenvalue weighted by atomic mass is 9.75. The number of fused-ring (bicyclic) bond motifs is 3. The van der Waals surface area contributed by atoms with Crippen molar-refractivity contribution in [2.45, 2.75) is 37.6 Å². The number of methoxy groups -OCH3 is 2. The van der Waals surface area contributed by atoms with E-state index in [0.29, 0.717) is 12.0 Å². The second kappa shape index (κ2) is 4.81. The number of ether oxygens (including phenoxy) is 2. The standard InChI is InChI=1S/C15H21NO2/c1-17-14-8-6-10-11-4-3-9-16-13(11)7-5-12(10)15(14)18-2/h6,8,11,13,16H,3-5,7,9H2,1-2H3/t11?,13-/m1/s1. The van der Waals surface area contributed by atoms with E-state index in [-0.39, 0.29) is 0 Å². The van der Waals surface area contributed by atoms with Crippen molar-refractivity contribution in [2.75, 3.05) is 20.8 Å². The molecule has 1 unspecified atom stereocenters. The Hall–Kier alpha value is -1.22. The van der Waals surface area contributed by atoms with Gasteiger partial charge in [-0.1, -0.05) is 6.07 Å². The molecule has 1 saturated heterocycles. The lowest BCUT2D eigenvalue weighted by Crippen LogP contribution is -2.42. The molecular formula is C15H21NO2. The molecule has 1 N–H and O–H groups in total. The molecule has 3 rings (SSSR count). The third-order valence-corrected chi connectivity index (χ3v) is 4.37. The van der Waals surface area contributed by atoms with Crippen LogP contribution in [0.4, 0.5) is 0 Å². The molecule has 2 atom stereocenters. The van der Waals surface area contributed by atoms with Gasteiger partial charge in [0.15, 0.2) is 11.5 Å². The van der Waals surface area contributed by atoms with Crippen molar-refractivity contribution < 1.29 is 9.47 Å². The van der Waals surface area contributed by atoms with Gasteiger partial charge in [-0.15, -0.1) is 0 Å². The quantitative estimate of drug-likeness (QED) is 0.871. The molecule has 0 amide bonds. The highest BCUT2D eigenvalue weighted by atomic mass is 16.5. The van der Waals surface area contributed by atoms with Gasteiger partial charge in [0.05, 0.1) is 14.2 Å². The topological polar surface area (TPSA) is 30.5 Å². The van der Waals surface area contributed by atoms with Crippen LogP contribution < -0.4 is 14.8 Å². The summed E-state index contributed by atoms with van der Waals surface area (Å²) in [6.45, 7) is 1.17. The average molecular weight is 247 g/mol. The van der Waals surface area contributed by atoms with Crippen molar-refractivity contribution >= 4 is 0 Å². The van der Waals surface area contributed by atoms with Crippen LogP contribution in [0.15, 0.2) is 12.1 Å². The fourth-order valence-corrected chi connectivity index (χ4v) is 3.54. The molecule has 1 aliphatic carbocycles. The van der Waals surface area contributed by atoms with Gasteiger partial charge in [-0.3, -0.25) is 0 Å². The van der Waals surface area contributed by atoms with E-state index in [9.17, 15) is 0 Å². The number of piperidine rings is 1. The Kier molecular flexibility index (Phi) is 3.16. The largest absolute Gasteiger partial charge is 0.493 e. The Labute approximate surface area is 108 Å². The van der Waals surface area contributed by atoms with E-state index in [1.54, 1.807) is 14.2 Å². The number of rotatable bonds is 2. The summed E-state index contributed by atoms with van der Waals surface area (Å²) in [6, 6.07) is 4.94. The summed E-state index contributed by atoms with van der Waals surface area (Å²) in [7, 11) is 3.45. The Morgan fingerprint density at radius 2 is 2.06 bits per heavy atom. The van der Waals surface area contributed by atoms with Crippen LogP contribution in [0.3, 0.4) is 0 Å². The lowest BCUT2D eigenvalue weighted by molar-refractivity contribution is 0.307. The molecular weight excluding hydrogens is 226 g/mol. The van der Waals surface area contributed by atoms with Gasteiger partial charge in [0.25, 0.3) is 0 Å². The predicted molar refractivity (Wildman–Crippen MR) is 71.6 cm³/mol. The fraction of sp³-hybridized carbons (Fsp3) is 0.600. The summed E-state index contributed by atoms with van der Waals surface area (Å²) >= 11 is 0. The van der Waals surface area contributed by atoms with E-state index in [0.717, 1.165) is 17.9 Å². The first-order valence-corrected chi connectivity index (χ1v) is 6.82. The molecule has 1 heterocycles. The molecule has 18 heavy (non-hydrogen) atoms. The number of hydrogen-bond donors (Lipinski definition) is 1. The second-order valence-electron chi connectivity index (χ2n) is 5.22. The first-order chi connectivity index (χ1) is 8.85. The Morgan fingerprint density at radius 1 is 1.17 bits per heavy atom. The predicted octanol–water partition coefficient (Wildman–Crippen LogP) is 2.49. The van der Waals surface area contributed by atoms with Crippen LogP contribution in [0.1, 0.15) is 36.3 Å². The van der Waals surface area contributed by atoms with E-state index in [1.165, 1.54) is 36.9 Å². The molecule has 0 radical (unpaired) electrons. The molecule has 0 aromatic heterocycles. The minimum Gasteiger partial charge on any atom is -0.493 e. The zero-order valence-corrected chi connectivity index (χ0v) is 11.2. The maximum absolute atomic E-state index is 5.57. The average Bonchev–Trinajstić information content (AvgIpc) is 2.45. The zero-order chi connectivity index (χ0) is 12.5. The minimum absolute atomic E-state index is 0.655. The van der Waals surface area contributed by atoms with Crippen LogP contribution in [0, 0.1) is 0 Å². The van der Waals surface area contributed by atoms with Gasteiger partial charge < -0.3 is 14.8 Å². The maximum Gasteiger partial charge on any atom is 0.164 e. The van der Waals surface area contributed by atoms with E-state index < -0.39 is 0 Å². The van der Waals surface area contributed by atoms with Crippen LogP contribution in [0.5, 0.6) is 11.5 Å². The highest BCUT2D eigenvalue weighted by Gasteiger charge is 2.33. The monoisotopic (exact) mass is 247 g/mol. The summed E-state index contributed by atoms with van der Waals surface area (Å²) in [5.74, 6) is 2.46. The number of benzene rings is 1. The van der Waals surface area contributed by atoms with Crippen LogP contribution in [-0.4, -0.2) is 26.8 Å². The van der Waals surface area contributed by atoms with Crippen molar-refractivity contribution in [3.8, 4) is 11.5 Å². The van der Waals surface area contributed by atoms with Crippen LogP contribution >= 0.6 is 0 Å². The molecule has 0 spiro atoms. The van der Waals surface area contributed by atoms with Gasteiger partial charge in [0, 0.05) is 11.6 Å². The first-order valence-electron chi connectivity index (χ1n) is 6.82. The molecule has 1 aliphatic heterocycles. The molecule has 3 nitrogen and oxygen atoms in total. The summed E-state index contributed by atoms with van der Waals surface area (Å²) in [4.78, 5) is 0. The van der Waals surface area contributed by atoms with Gasteiger partial charge in [0.1, 0.15) is 0 Å². The smallest absolute Gasteiger partial charge is 0.164 e. The van der Waals surface area contributed by atoms with Crippen molar-refractivity contribution in [3.05, 3.63) is 23.3 Å². The third kappa shape index (κ3) is 1.77. The summed E-state index contributed by atoms with van der Waals surface area (Å²) < 4.78 is 11.0. The maximum atomic E-state index is 5.57. The van der Waals surface area contributed by atoms with Crippen LogP contribution in [-0.2, 0) is 6.42 Å². The van der Waals surface area contributed by atoms with Gasteiger partial charge >= 0.3 is 0 Å². The molecule has 0 bridgehead atoms. The molecule has 1 aromatic rings. The third-order valence-electron chi connectivity index (χ3n) is 4.37. The van der Waals surface area contributed by atoms with Crippen molar-refractivity contribution in [3.63, 3.8) is 0 Å². The van der Waals surface area contributed by atoms with Crippen molar-refractivity contribution in [2.24, 2.45) is 0 Å². The molecule has 1 aromatic carbocycles. The van der Waals surface area contributed by atoms with E-state index in [2.05, 4.69) is 17.4 Å². The molecule has 98 valence electrons. The Bertz CT molecular complexity index is 444. The lowest BCUT2D eigenvalue weighted by Gasteiger charge is -2.38. The van der Waals surface area contributed by atoms with Gasteiger partial charge in [-0.2, -0.15) is 0 Å². The summed E-state index contributed by atoms with van der Waals surface area (Å²) in [5, 5.41) is 3.66. The van der Waals surface area contributed by atoms with Crippen molar-refractivity contribution in [1.29, 1.82) is 0 Å². The highest BCUT2D eigenvalue weighted by molar-refractivity contribution is 5.53. The van der Waals surface area contributed by atoms with Crippen molar-refractivity contribution in [1.82, 2.24) is 5.32 Å². The van der Waals surface area contributed by atoms with E-state index >= 15 is 0 Å². The molecule has 1 fully saturated rings. The van der Waals surface area contributed by atoms with Crippen LogP contribution in [0.2, 0.25) is 0 Å². The normalized spacial score (nSPS) is 26.1. The zero-order valence-electron chi connectivity index (χ0n) is 11.2. The second-order valence-corrected chi connectivity index (χ2v) is 5.22. The number of nitrogens with one attached hydrogen (secondary N) is 1. The summed E-state index contributed by atoms with van der Waals surface area (Å²) in [6.07, 6.45) is 4.86. The first kappa shape index (κ1) is 11.8. The molecule has 2 aliphatic rings. The Balaban J connectivity index is 2.04. The highest BCUT2D eigenvalue weighted by Crippen LogP contribution is 2.44. The number of hydrogen-bond acceptors (Lipinski definition) is 3. The van der Waals surface area contributed by atoms with Gasteiger partial charge in [0.2, 0.25) is 0 Å². The van der Waals surface area contributed by atoms with Gasteiger partial charge in [-0.25, -0.2) is 0 Å². The minimum atomic E-state index is 0.655. The Morgan fingerprint density at radius 3 is 2.83 bits per heavy atom.